The van der Waals surface area contributed by atoms with E-state index in [-0.39, 0.29) is 29.4 Å². The van der Waals surface area contributed by atoms with Crippen LogP contribution in [-0.2, 0) is 15.4 Å². The van der Waals surface area contributed by atoms with Crippen LogP contribution in [0.15, 0.2) is 36.7 Å². The molecule has 35 heavy (non-hydrogen) atoms. The van der Waals surface area contributed by atoms with E-state index in [1.54, 1.807) is 12.4 Å². The van der Waals surface area contributed by atoms with Crippen molar-refractivity contribution < 1.29 is 13.5 Å². The third-order valence-electron chi connectivity index (χ3n) is 8.22. The van der Waals surface area contributed by atoms with Crippen molar-refractivity contribution in [1.29, 1.82) is 5.26 Å². The molecule has 1 aromatic carbocycles. The first-order valence-electron chi connectivity index (χ1n) is 12.3. The van der Waals surface area contributed by atoms with E-state index < -0.39 is 15.4 Å². The van der Waals surface area contributed by atoms with E-state index in [4.69, 9.17) is 0 Å². The topological polar surface area (TPSA) is 110 Å². The highest BCUT2D eigenvalue weighted by molar-refractivity contribution is 7.91. The first-order chi connectivity index (χ1) is 16.6. The zero-order valence-electron chi connectivity index (χ0n) is 20.5. The first-order valence-corrected chi connectivity index (χ1v) is 14.1. The second-order valence-corrected chi connectivity index (χ2v) is 12.7. The normalized spacial score (nSPS) is 27.6. The van der Waals surface area contributed by atoms with E-state index in [2.05, 4.69) is 40.9 Å². The molecule has 0 spiro atoms. The van der Waals surface area contributed by atoms with Crippen LogP contribution in [0, 0.1) is 30.1 Å². The van der Waals surface area contributed by atoms with Crippen LogP contribution < -0.4 is 0 Å². The molecule has 0 radical (unpaired) electrons. The highest BCUT2D eigenvalue weighted by Gasteiger charge is 2.48. The van der Waals surface area contributed by atoms with Gasteiger partial charge in [-0.1, -0.05) is 32.0 Å². The number of benzene rings is 1. The Balaban J connectivity index is 1.44. The number of likely N-dealkylation sites (tertiary alicyclic amines) is 1. The molecule has 2 fully saturated rings. The van der Waals surface area contributed by atoms with Crippen LogP contribution in [-0.4, -0.2) is 59.0 Å². The van der Waals surface area contributed by atoms with Gasteiger partial charge in [0.1, 0.15) is 21.6 Å². The summed E-state index contributed by atoms with van der Waals surface area (Å²) in [5, 5.41) is 22.4. The van der Waals surface area contributed by atoms with Crippen molar-refractivity contribution in [3.63, 3.8) is 0 Å². The quantitative estimate of drug-likeness (QED) is 0.576. The lowest BCUT2D eigenvalue weighted by atomic mass is 9.69. The molecule has 2 saturated heterocycles. The highest BCUT2D eigenvalue weighted by Crippen LogP contribution is 2.44. The number of aromatic amines is 1. The van der Waals surface area contributed by atoms with Gasteiger partial charge in [-0.3, -0.25) is 4.90 Å². The fraction of sp³-hybridized carbons (Fsp3) is 0.481. The zero-order chi connectivity index (χ0) is 25.0. The third kappa shape index (κ3) is 4.06. The van der Waals surface area contributed by atoms with Crippen molar-refractivity contribution in [2.75, 3.05) is 24.6 Å². The van der Waals surface area contributed by atoms with Crippen molar-refractivity contribution in [2.24, 2.45) is 11.8 Å². The lowest BCUT2D eigenvalue weighted by Crippen LogP contribution is -2.58. The van der Waals surface area contributed by atoms with Gasteiger partial charge >= 0.3 is 0 Å². The minimum atomic E-state index is -2.89. The van der Waals surface area contributed by atoms with Gasteiger partial charge in [0.2, 0.25) is 0 Å². The Morgan fingerprint density at radius 2 is 1.86 bits per heavy atom. The number of aliphatic hydroxyl groups is 1. The number of aryl methyl sites for hydroxylation is 1. The predicted octanol–water partition coefficient (Wildman–Crippen LogP) is 3.76. The van der Waals surface area contributed by atoms with Crippen molar-refractivity contribution in [3.05, 3.63) is 53.3 Å². The molecule has 2 aliphatic heterocycles. The standard InChI is InChI=1S/C27H32N4O3S/c1-17-12-20(23-6-9-29-26-25(23)21(13-28)14-30-26)4-5-24(17)27(32)18(2)15-31(16-19(27)3)22-7-10-35(33,34)11-8-22/h4-6,9,12,14,18-19,22,32H,7-8,10-11,15-16H2,1-3H3,(H,29,30)/t18-,19+,27?. The maximum Gasteiger partial charge on any atom is 0.150 e. The van der Waals surface area contributed by atoms with Crippen molar-refractivity contribution in [3.8, 4) is 17.2 Å². The first kappa shape index (κ1) is 24.0. The minimum Gasteiger partial charge on any atom is -0.384 e. The summed E-state index contributed by atoms with van der Waals surface area (Å²) in [5.74, 6) is 0.519. The van der Waals surface area contributed by atoms with E-state index in [0.29, 0.717) is 24.1 Å². The van der Waals surface area contributed by atoms with E-state index in [1.165, 1.54) is 0 Å². The molecule has 3 aromatic rings. The Kier molecular flexibility index (Phi) is 5.99. The number of piperidine rings is 1. The molecule has 0 amide bonds. The fourth-order valence-corrected chi connectivity index (χ4v) is 7.75. The van der Waals surface area contributed by atoms with Crippen molar-refractivity contribution in [1.82, 2.24) is 14.9 Å². The minimum absolute atomic E-state index is 0.00293. The van der Waals surface area contributed by atoms with Crippen LogP contribution >= 0.6 is 0 Å². The SMILES string of the molecule is Cc1cc(-c2ccnc3[nH]cc(C#N)c23)ccc1C1(O)[C@H](C)CN(C2CCS(=O)(=O)CC2)C[C@@H]1C. The molecule has 0 bridgehead atoms. The molecule has 7 nitrogen and oxygen atoms in total. The number of hydrogen-bond donors (Lipinski definition) is 2. The molecular formula is C27H32N4O3S. The van der Waals surface area contributed by atoms with E-state index >= 15 is 0 Å². The lowest BCUT2D eigenvalue weighted by Gasteiger charge is -2.51. The Morgan fingerprint density at radius 3 is 2.49 bits per heavy atom. The second kappa shape index (κ2) is 8.74. The van der Waals surface area contributed by atoms with Crippen LogP contribution in [0.3, 0.4) is 0 Å². The third-order valence-corrected chi connectivity index (χ3v) is 9.94. The smallest absolute Gasteiger partial charge is 0.150 e. The van der Waals surface area contributed by atoms with Gasteiger partial charge in [0, 0.05) is 48.7 Å². The molecule has 5 rings (SSSR count). The monoisotopic (exact) mass is 492 g/mol. The van der Waals surface area contributed by atoms with Crippen LogP contribution in [0.2, 0.25) is 0 Å². The summed E-state index contributed by atoms with van der Waals surface area (Å²) in [4.78, 5) is 9.81. The maximum atomic E-state index is 12.1. The molecule has 2 N–H and O–H groups in total. The van der Waals surface area contributed by atoms with Crippen molar-refractivity contribution >= 4 is 20.9 Å². The molecule has 1 unspecified atom stereocenters. The number of nitriles is 1. The molecule has 0 saturated carbocycles. The van der Waals surface area contributed by atoms with Crippen LogP contribution in [0.5, 0.6) is 0 Å². The summed E-state index contributed by atoms with van der Waals surface area (Å²) in [7, 11) is -2.89. The molecule has 8 heteroatoms. The van der Waals surface area contributed by atoms with Gasteiger partial charge in [-0.25, -0.2) is 13.4 Å². The number of hydrogen-bond acceptors (Lipinski definition) is 6. The summed E-state index contributed by atoms with van der Waals surface area (Å²) in [5.41, 5.74) is 4.15. The highest BCUT2D eigenvalue weighted by atomic mass is 32.2. The van der Waals surface area contributed by atoms with Gasteiger partial charge in [-0.15, -0.1) is 0 Å². The second-order valence-electron chi connectivity index (χ2n) is 10.4. The number of nitrogens with zero attached hydrogens (tertiary/aromatic N) is 3. The Labute approximate surface area is 206 Å². The molecule has 184 valence electrons. The van der Waals surface area contributed by atoms with Crippen LogP contribution in [0.1, 0.15) is 43.4 Å². The summed E-state index contributed by atoms with van der Waals surface area (Å²) in [6, 6.07) is 10.6. The fourth-order valence-electron chi connectivity index (χ4n) is 6.28. The number of sulfone groups is 1. The molecule has 2 aromatic heterocycles. The molecule has 2 aliphatic rings. The van der Waals surface area contributed by atoms with Gasteiger partial charge in [0.05, 0.1) is 22.7 Å². The number of pyridine rings is 1. The largest absolute Gasteiger partial charge is 0.384 e. The van der Waals surface area contributed by atoms with Crippen molar-refractivity contribution in [2.45, 2.75) is 45.3 Å². The van der Waals surface area contributed by atoms with Gasteiger partial charge in [0.15, 0.2) is 0 Å². The zero-order valence-corrected chi connectivity index (χ0v) is 21.3. The number of fused-ring (bicyclic) bond motifs is 1. The lowest BCUT2D eigenvalue weighted by molar-refractivity contribution is -0.121. The van der Waals surface area contributed by atoms with E-state index in [9.17, 15) is 18.8 Å². The number of nitrogens with one attached hydrogen (secondary N) is 1. The van der Waals surface area contributed by atoms with E-state index in [0.717, 1.165) is 40.7 Å². The van der Waals surface area contributed by atoms with Gasteiger partial charge < -0.3 is 10.1 Å². The number of aromatic nitrogens is 2. The molecule has 4 heterocycles. The van der Waals surface area contributed by atoms with Crippen LogP contribution in [0.4, 0.5) is 0 Å². The molecule has 3 atom stereocenters. The predicted molar refractivity (Wildman–Crippen MR) is 136 cm³/mol. The summed E-state index contributed by atoms with van der Waals surface area (Å²) < 4.78 is 23.8. The number of rotatable bonds is 3. The average molecular weight is 493 g/mol. The van der Waals surface area contributed by atoms with Crippen LogP contribution in [0.25, 0.3) is 22.2 Å². The van der Waals surface area contributed by atoms with Gasteiger partial charge in [-0.05, 0) is 48.1 Å². The summed E-state index contributed by atoms with van der Waals surface area (Å²) >= 11 is 0. The van der Waals surface area contributed by atoms with Gasteiger partial charge in [0.25, 0.3) is 0 Å². The Morgan fingerprint density at radius 1 is 1.17 bits per heavy atom. The number of H-pyrrole nitrogens is 1. The van der Waals surface area contributed by atoms with Gasteiger partial charge in [-0.2, -0.15) is 5.26 Å². The molecule has 0 aliphatic carbocycles. The van der Waals surface area contributed by atoms with E-state index in [1.807, 2.05) is 25.1 Å². The summed E-state index contributed by atoms with van der Waals surface area (Å²) in [6.07, 6.45) is 4.78. The maximum absolute atomic E-state index is 12.1. The Bertz CT molecular complexity index is 1400. The Hall–Kier alpha value is -2.73. The summed E-state index contributed by atoms with van der Waals surface area (Å²) in [6.45, 7) is 7.72. The average Bonchev–Trinajstić information content (AvgIpc) is 3.25. The molecular weight excluding hydrogens is 460 g/mol.